The standard InChI is InChI=1S/C15H23O2/c1-3-4-5-12-17-13-6-7-14-8-10-15(16-2)11-9-14/h8-11H,1,3-7,12-13H2,2H3. The van der Waals surface area contributed by atoms with Crippen molar-refractivity contribution < 1.29 is 9.47 Å². The van der Waals surface area contributed by atoms with Crippen LogP contribution in [0.15, 0.2) is 24.3 Å². The maximum Gasteiger partial charge on any atom is 0.118 e. The summed E-state index contributed by atoms with van der Waals surface area (Å²) in [6.07, 6.45) is 5.45. The molecule has 0 unspecified atom stereocenters. The lowest BCUT2D eigenvalue weighted by Gasteiger charge is -2.05. The van der Waals surface area contributed by atoms with E-state index in [0.29, 0.717) is 0 Å². The van der Waals surface area contributed by atoms with Gasteiger partial charge in [0.15, 0.2) is 0 Å². The number of unbranched alkanes of at least 4 members (excludes halogenated alkanes) is 2. The molecule has 0 aromatic heterocycles. The number of rotatable bonds is 9. The van der Waals surface area contributed by atoms with E-state index in [0.717, 1.165) is 44.6 Å². The molecule has 1 radical (unpaired) electrons. The Hall–Kier alpha value is -1.02. The van der Waals surface area contributed by atoms with Gasteiger partial charge in [-0.3, -0.25) is 0 Å². The highest BCUT2D eigenvalue weighted by Gasteiger charge is 1.95. The van der Waals surface area contributed by atoms with E-state index in [-0.39, 0.29) is 0 Å². The Kier molecular flexibility index (Phi) is 7.48. The second kappa shape index (κ2) is 9.06. The molecule has 0 spiro atoms. The topological polar surface area (TPSA) is 18.5 Å². The predicted molar refractivity (Wildman–Crippen MR) is 71.3 cm³/mol. The molecule has 0 aliphatic rings. The Bertz CT molecular complexity index is 279. The van der Waals surface area contributed by atoms with E-state index < -0.39 is 0 Å². The van der Waals surface area contributed by atoms with Crippen LogP contribution in [0.2, 0.25) is 0 Å². The maximum absolute atomic E-state index is 5.55. The Balaban J connectivity index is 2.05. The van der Waals surface area contributed by atoms with E-state index in [1.807, 2.05) is 12.1 Å². The van der Waals surface area contributed by atoms with E-state index >= 15 is 0 Å². The zero-order valence-corrected chi connectivity index (χ0v) is 10.8. The zero-order valence-electron chi connectivity index (χ0n) is 10.8. The molecule has 1 aromatic rings. The minimum Gasteiger partial charge on any atom is -0.497 e. The lowest BCUT2D eigenvalue weighted by atomic mass is 10.1. The van der Waals surface area contributed by atoms with Gasteiger partial charge in [0.25, 0.3) is 0 Å². The zero-order chi connectivity index (χ0) is 12.3. The first-order valence-corrected chi connectivity index (χ1v) is 6.36. The summed E-state index contributed by atoms with van der Waals surface area (Å²) in [6.45, 7) is 5.53. The van der Waals surface area contributed by atoms with E-state index in [1.54, 1.807) is 7.11 Å². The fourth-order valence-corrected chi connectivity index (χ4v) is 1.65. The first-order valence-electron chi connectivity index (χ1n) is 6.36. The summed E-state index contributed by atoms with van der Waals surface area (Å²) in [5.74, 6) is 0.915. The van der Waals surface area contributed by atoms with Crippen LogP contribution in [0.25, 0.3) is 0 Å². The lowest BCUT2D eigenvalue weighted by molar-refractivity contribution is 0.128. The van der Waals surface area contributed by atoms with Crippen LogP contribution in [-0.4, -0.2) is 20.3 Å². The Labute approximate surface area is 105 Å². The van der Waals surface area contributed by atoms with Crippen molar-refractivity contribution in [3.63, 3.8) is 0 Å². The highest BCUT2D eigenvalue weighted by Crippen LogP contribution is 2.12. The molecule has 2 heteroatoms. The summed E-state index contributed by atoms with van der Waals surface area (Å²) in [4.78, 5) is 0. The molecule has 17 heavy (non-hydrogen) atoms. The van der Waals surface area contributed by atoms with Gasteiger partial charge >= 0.3 is 0 Å². The van der Waals surface area contributed by atoms with Crippen molar-refractivity contribution in [2.24, 2.45) is 0 Å². The summed E-state index contributed by atoms with van der Waals surface area (Å²) in [5, 5.41) is 0. The van der Waals surface area contributed by atoms with Crippen LogP contribution >= 0.6 is 0 Å². The predicted octanol–water partition coefficient (Wildman–Crippen LogP) is 3.65. The van der Waals surface area contributed by atoms with Gasteiger partial charge in [-0.1, -0.05) is 31.9 Å². The first-order chi connectivity index (χ1) is 8.36. The van der Waals surface area contributed by atoms with Gasteiger partial charge in [0.05, 0.1) is 7.11 Å². The second-order valence-electron chi connectivity index (χ2n) is 4.12. The van der Waals surface area contributed by atoms with Crippen molar-refractivity contribution in [2.75, 3.05) is 20.3 Å². The van der Waals surface area contributed by atoms with Gasteiger partial charge in [0.1, 0.15) is 5.75 Å². The number of benzene rings is 1. The number of hydrogen-bond donors (Lipinski definition) is 0. The van der Waals surface area contributed by atoms with Crippen LogP contribution in [0.3, 0.4) is 0 Å². The van der Waals surface area contributed by atoms with Crippen molar-refractivity contribution in [1.29, 1.82) is 0 Å². The molecule has 0 saturated heterocycles. The molecule has 95 valence electrons. The molecule has 0 amide bonds. The lowest BCUT2D eigenvalue weighted by Crippen LogP contribution is -1.98. The van der Waals surface area contributed by atoms with E-state index in [2.05, 4.69) is 19.1 Å². The van der Waals surface area contributed by atoms with E-state index in [4.69, 9.17) is 9.47 Å². The number of hydrogen-bond acceptors (Lipinski definition) is 2. The van der Waals surface area contributed by atoms with Crippen molar-refractivity contribution in [3.8, 4) is 5.75 Å². The molecule has 0 fully saturated rings. The fraction of sp³-hybridized carbons (Fsp3) is 0.533. The van der Waals surface area contributed by atoms with Crippen molar-refractivity contribution in [2.45, 2.75) is 32.1 Å². The molecule has 0 bridgehead atoms. The van der Waals surface area contributed by atoms with Crippen LogP contribution in [0.1, 0.15) is 31.2 Å². The fourth-order valence-electron chi connectivity index (χ4n) is 1.65. The average molecular weight is 235 g/mol. The molecule has 0 N–H and O–H groups in total. The number of ether oxygens (including phenoxy) is 2. The van der Waals surface area contributed by atoms with Crippen LogP contribution in [0.5, 0.6) is 5.75 Å². The average Bonchev–Trinajstić information content (AvgIpc) is 2.38. The third-order valence-electron chi connectivity index (χ3n) is 2.70. The second-order valence-corrected chi connectivity index (χ2v) is 4.12. The summed E-state index contributed by atoms with van der Waals surface area (Å²) >= 11 is 0. The molecule has 0 heterocycles. The van der Waals surface area contributed by atoms with Crippen LogP contribution < -0.4 is 4.74 Å². The quantitative estimate of drug-likeness (QED) is 0.608. The van der Waals surface area contributed by atoms with Crippen LogP contribution in [-0.2, 0) is 11.2 Å². The van der Waals surface area contributed by atoms with E-state index in [1.165, 1.54) is 12.0 Å². The smallest absolute Gasteiger partial charge is 0.118 e. The SMILES string of the molecule is [CH2]CCCCOCCCc1ccc(OC)cc1. The van der Waals surface area contributed by atoms with Crippen LogP contribution in [0, 0.1) is 6.92 Å². The van der Waals surface area contributed by atoms with Crippen molar-refractivity contribution in [3.05, 3.63) is 36.8 Å². The van der Waals surface area contributed by atoms with Gasteiger partial charge in [-0.15, -0.1) is 0 Å². The molecular formula is C15H23O2. The monoisotopic (exact) mass is 235 g/mol. The highest BCUT2D eigenvalue weighted by atomic mass is 16.5. The Morgan fingerprint density at radius 2 is 1.71 bits per heavy atom. The molecule has 0 saturated carbocycles. The van der Waals surface area contributed by atoms with Crippen LogP contribution in [0.4, 0.5) is 0 Å². The molecule has 0 aliphatic heterocycles. The minimum atomic E-state index is 0.850. The molecule has 1 aromatic carbocycles. The normalized spacial score (nSPS) is 10.5. The van der Waals surface area contributed by atoms with Crippen molar-refractivity contribution in [1.82, 2.24) is 0 Å². The van der Waals surface area contributed by atoms with Gasteiger partial charge in [0.2, 0.25) is 0 Å². The number of methoxy groups -OCH3 is 1. The largest absolute Gasteiger partial charge is 0.497 e. The maximum atomic E-state index is 5.55. The van der Waals surface area contributed by atoms with Gasteiger partial charge in [0, 0.05) is 13.2 Å². The van der Waals surface area contributed by atoms with Gasteiger partial charge in [-0.25, -0.2) is 0 Å². The number of aryl methyl sites for hydroxylation is 1. The van der Waals surface area contributed by atoms with Gasteiger partial charge in [-0.05, 0) is 37.0 Å². The Morgan fingerprint density at radius 1 is 1.00 bits per heavy atom. The Morgan fingerprint density at radius 3 is 2.35 bits per heavy atom. The third kappa shape index (κ3) is 6.32. The molecule has 0 aliphatic carbocycles. The highest BCUT2D eigenvalue weighted by molar-refractivity contribution is 5.27. The molecular weight excluding hydrogens is 212 g/mol. The summed E-state index contributed by atoms with van der Waals surface area (Å²) in [5.41, 5.74) is 1.34. The molecule has 2 nitrogen and oxygen atoms in total. The van der Waals surface area contributed by atoms with Crippen molar-refractivity contribution >= 4 is 0 Å². The molecule has 1 rings (SSSR count). The third-order valence-corrected chi connectivity index (χ3v) is 2.70. The minimum absolute atomic E-state index is 0.850. The first kappa shape index (κ1) is 14.0. The van der Waals surface area contributed by atoms with Gasteiger partial charge < -0.3 is 9.47 Å². The summed E-state index contributed by atoms with van der Waals surface area (Å²) in [6, 6.07) is 8.23. The summed E-state index contributed by atoms with van der Waals surface area (Å²) in [7, 11) is 1.69. The van der Waals surface area contributed by atoms with Gasteiger partial charge in [-0.2, -0.15) is 0 Å². The summed E-state index contributed by atoms with van der Waals surface area (Å²) < 4.78 is 10.7. The van der Waals surface area contributed by atoms with E-state index in [9.17, 15) is 0 Å². The molecule has 0 atom stereocenters.